The van der Waals surface area contributed by atoms with Crippen LogP contribution in [-0.2, 0) is 9.84 Å². The minimum Gasteiger partial charge on any atom is -0.333 e. The number of sulfone groups is 1. The maximum absolute atomic E-state index is 13.1. The molecule has 2 aromatic heterocycles. The quantitative estimate of drug-likeness (QED) is 0.828. The van der Waals surface area contributed by atoms with E-state index in [1.165, 1.54) is 0 Å². The zero-order chi connectivity index (χ0) is 17.3. The lowest BCUT2D eigenvalue weighted by Gasteiger charge is -2.27. The Kier molecular flexibility index (Phi) is 4.62. The molecule has 0 aliphatic carbocycles. The summed E-state index contributed by atoms with van der Waals surface area (Å²) >= 11 is 0. The molecule has 0 N–H and O–H groups in total. The van der Waals surface area contributed by atoms with Gasteiger partial charge in [0.1, 0.15) is 5.82 Å². The smallest absolute Gasteiger partial charge is 0.274 e. The predicted molar refractivity (Wildman–Crippen MR) is 92.9 cm³/mol. The molecule has 0 bridgehead atoms. The van der Waals surface area contributed by atoms with Gasteiger partial charge in [0, 0.05) is 18.8 Å². The van der Waals surface area contributed by atoms with Crippen molar-refractivity contribution in [2.45, 2.75) is 39.2 Å². The summed E-state index contributed by atoms with van der Waals surface area (Å²) in [5, 5.41) is 0. The van der Waals surface area contributed by atoms with E-state index in [9.17, 15) is 13.2 Å². The van der Waals surface area contributed by atoms with Crippen LogP contribution in [0.25, 0.3) is 5.52 Å². The Hall–Kier alpha value is -1.89. The van der Waals surface area contributed by atoms with Crippen LogP contribution < -0.4 is 0 Å². The first-order valence-corrected chi connectivity index (χ1v) is 10.2. The number of pyridine rings is 1. The molecule has 3 heterocycles. The van der Waals surface area contributed by atoms with Gasteiger partial charge in [0.15, 0.2) is 15.5 Å². The Balaban J connectivity index is 1.96. The summed E-state index contributed by atoms with van der Waals surface area (Å²) in [5.74, 6) is 0.815. The fourth-order valence-corrected chi connectivity index (χ4v) is 5.01. The summed E-state index contributed by atoms with van der Waals surface area (Å²) in [4.78, 5) is 19.3. The highest BCUT2D eigenvalue weighted by molar-refractivity contribution is 7.91. The van der Waals surface area contributed by atoms with Crippen molar-refractivity contribution in [1.82, 2.24) is 14.3 Å². The van der Waals surface area contributed by atoms with Crippen LogP contribution in [-0.4, -0.2) is 52.7 Å². The fraction of sp³-hybridized carbons (Fsp3) is 0.529. The highest BCUT2D eigenvalue weighted by Gasteiger charge is 2.35. The van der Waals surface area contributed by atoms with E-state index in [0.717, 1.165) is 24.2 Å². The molecule has 0 radical (unpaired) electrons. The summed E-state index contributed by atoms with van der Waals surface area (Å²) in [6, 6.07) is 5.41. The Morgan fingerprint density at radius 3 is 2.88 bits per heavy atom. The number of unbranched alkanes of at least 4 members (excludes halogenated alkanes) is 1. The SMILES string of the molecule is CCCCN(C(=O)c1nc(C)n2ccccc12)[C@@H]1CCS(=O)(=O)C1. The van der Waals surface area contributed by atoms with Crippen LogP contribution in [0, 0.1) is 6.92 Å². The van der Waals surface area contributed by atoms with Gasteiger partial charge in [-0.25, -0.2) is 13.4 Å². The average molecular weight is 349 g/mol. The lowest BCUT2D eigenvalue weighted by Crippen LogP contribution is -2.42. The molecule has 1 atom stereocenters. The van der Waals surface area contributed by atoms with E-state index < -0.39 is 9.84 Å². The van der Waals surface area contributed by atoms with Crippen LogP contribution in [0.5, 0.6) is 0 Å². The molecule has 130 valence electrons. The van der Waals surface area contributed by atoms with Crippen LogP contribution in [0.1, 0.15) is 42.5 Å². The molecule has 1 aliphatic heterocycles. The van der Waals surface area contributed by atoms with Crippen LogP contribution >= 0.6 is 0 Å². The van der Waals surface area contributed by atoms with Crippen molar-refractivity contribution in [3.63, 3.8) is 0 Å². The molecule has 24 heavy (non-hydrogen) atoms. The van der Waals surface area contributed by atoms with Gasteiger partial charge in [0.25, 0.3) is 5.91 Å². The number of imidazole rings is 1. The largest absolute Gasteiger partial charge is 0.333 e. The average Bonchev–Trinajstić information content (AvgIpc) is 3.08. The maximum atomic E-state index is 13.1. The number of hydrogen-bond acceptors (Lipinski definition) is 4. The van der Waals surface area contributed by atoms with Crippen molar-refractivity contribution >= 4 is 21.3 Å². The minimum absolute atomic E-state index is 0.0627. The standard InChI is InChI=1S/C17H23N3O3S/c1-3-4-9-20(14-8-11-24(22,23)12-14)17(21)16-15-7-5-6-10-19(15)13(2)18-16/h5-7,10,14H,3-4,8-9,11-12H2,1-2H3/t14-/m1/s1. The summed E-state index contributed by atoms with van der Waals surface area (Å²) in [5.41, 5.74) is 1.18. The van der Waals surface area contributed by atoms with E-state index in [1.807, 2.05) is 35.7 Å². The maximum Gasteiger partial charge on any atom is 0.274 e. The number of carbonyl (C=O) groups is 1. The molecule has 0 unspecified atom stereocenters. The summed E-state index contributed by atoms with van der Waals surface area (Å²) in [6.07, 6.45) is 4.20. The monoisotopic (exact) mass is 349 g/mol. The number of rotatable bonds is 5. The number of amides is 1. The van der Waals surface area contributed by atoms with Crippen molar-refractivity contribution in [2.24, 2.45) is 0 Å². The Bertz CT molecular complexity index is 857. The summed E-state index contributed by atoms with van der Waals surface area (Å²) in [7, 11) is -3.04. The third kappa shape index (κ3) is 3.17. The summed E-state index contributed by atoms with van der Waals surface area (Å²) < 4.78 is 25.6. The zero-order valence-corrected chi connectivity index (χ0v) is 14.9. The molecule has 7 heteroatoms. The van der Waals surface area contributed by atoms with Crippen LogP contribution in [0.15, 0.2) is 24.4 Å². The van der Waals surface area contributed by atoms with Crippen molar-refractivity contribution < 1.29 is 13.2 Å². The van der Waals surface area contributed by atoms with E-state index in [2.05, 4.69) is 11.9 Å². The Morgan fingerprint density at radius 1 is 1.42 bits per heavy atom. The van der Waals surface area contributed by atoms with Crippen LogP contribution in [0.4, 0.5) is 0 Å². The Morgan fingerprint density at radius 2 is 2.21 bits per heavy atom. The highest BCUT2D eigenvalue weighted by Crippen LogP contribution is 2.22. The molecule has 2 aromatic rings. The van der Waals surface area contributed by atoms with E-state index in [1.54, 1.807) is 4.90 Å². The van der Waals surface area contributed by atoms with Gasteiger partial charge >= 0.3 is 0 Å². The zero-order valence-electron chi connectivity index (χ0n) is 14.1. The molecule has 6 nitrogen and oxygen atoms in total. The van der Waals surface area contributed by atoms with Gasteiger partial charge < -0.3 is 9.30 Å². The highest BCUT2D eigenvalue weighted by atomic mass is 32.2. The molecule has 3 rings (SSSR count). The van der Waals surface area contributed by atoms with Crippen molar-refractivity contribution in [3.05, 3.63) is 35.9 Å². The van der Waals surface area contributed by atoms with Gasteiger partial charge in [-0.15, -0.1) is 0 Å². The molecule has 1 amide bonds. The van der Waals surface area contributed by atoms with Crippen LogP contribution in [0.2, 0.25) is 0 Å². The van der Waals surface area contributed by atoms with Gasteiger partial charge in [-0.05, 0) is 31.9 Å². The second-order valence-electron chi connectivity index (χ2n) is 6.37. The van der Waals surface area contributed by atoms with Gasteiger partial charge in [-0.1, -0.05) is 19.4 Å². The van der Waals surface area contributed by atoms with Crippen molar-refractivity contribution in [1.29, 1.82) is 0 Å². The molecule has 1 fully saturated rings. The third-order valence-electron chi connectivity index (χ3n) is 4.59. The second kappa shape index (κ2) is 6.55. The fourth-order valence-electron chi connectivity index (χ4n) is 3.28. The molecule has 1 aliphatic rings. The first-order chi connectivity index (χ1) is 11.4. The van der Waals surface area contributed by atoms with Crippen molar-refractivity contribution in [2.75, 3.05) is 18.1 Å². The van der Waals surface area contributed by atoms with Gasteiger partial charge in [-0.2, -0.15) is 0 Å². The van der Waals surface area contributed by atoms with Crippen LogP contribution in [0.3, 0.4) is 0 Å². The predicted octanol–water partition coefficient (Wildman–Crippen LogP) is 2.07. The number of fused-ring (bicyclic) bond motifs is 1. The Labute approximate surface area is 142 Å². The normalized spacial score (nSPS) is 19.7. The molecule has 0 spiro atoms. The number of aryl methyl sites for hydroxylation is 1. The third-order valence-corrected chi connectivity index (χ3v) is 6.34. The van der Waals surface area contributed by atoms with Gasteiger partial charge in [0.05, 0.1) is 17.0 Å². The molecule has 1 saturated heterocycles. The van der Waals surface area contributed by atoms with E-state index in [-0.39, 0.29) is 23.5 Å². The molecular weight excluding hydrogens is 326 g/mol. The number of hydrogen-bond donors (Lipinski definition) is 0. The number of aromatic nitrogens is 2. The van der Waals surface area contributed by atoms with Gasteiger partial charge in [-0.3, -0.25) is 4.79 Å². The van der Waals surface area contributed by atoms with Crippen molar-refractivity contribution in [3.8, 4) is 0 Å². The topological polar surface area (TPSA) is 71.8 Å². The second-order valence-corrected chi connectivity index (χ2v) is 8.60. The van der Waals surface area contributed by atoms with E-state index in [0.29, 0.717) is 18.7 Å². The van der Waals surface area contributed by atoms with Gasteiger partial charge in [0.2, 0.25) is 0 Å². The molecular formula is C17H23N3O3S. The van der Waals surface area contributed by atoms with E-state index in [4.69, 9.17) is 0 Å². The lowest BCUT2D eigenvalue weighted by molar-refractivity contribution is 0.0690. The lowest BCUT2D eigenvalue weighted by atomic mass is 10.1. The summed E-state index contributed by atoms with van der Waals surface area (Å²) in [6.45, 7) is 4.49. The number of nitrogens with zero attached hydrogens (tertiary/aromatic N) is 3. The molecule has 0 saturated carbocycles. The molecule has 0 aromatic carbocycles. The first kappa shape index (κ1) is 17.0. The number of carbonyl (C=O) groups excluding carboxylic acids is 1. The first-order valence-electron chi connectivity index (χ1n) is 8.38. The van der Waals surface area contributed by atoms with E-state index >= 15 is 0 Å². The minimum atomic E-state index is -3.04.